The van der Waals surface area contributed by atoms with Crippen molar-refractivity contribution in [1.82, 2.24) is 5.32 Å². The molecule has 0 aliphatic carbocycles. The fraction of sp³-hybridized carbons (Fsp3) is 0.333. The van der Waals surface area contributed by atoms with Gasteiger partial charge in [-0.05, 0) is 37.7 Å². The molecule has 3 heteroatoms. The molecule has 12 heavy (non-hydrogen) atoms. The summed E-state index contributed by atoms with van der Waals surface area (Å²) >= 11 is 5.68. The van der Waals surface area contributed by atoms with Gasteiger partial charge < -0.3 is 5.32 Å². The summed E-state index contributed by atoms with van der Waals surface area (Å²) in [4.78, 5) is 0. The number of benzene rings is 1. The molecule has 1 N–H and O–H groups in total. The highest BCUT2D eigenvalue weighted by Crippen LogP contribution is 2.19. The molecule has 1 rings (SSSR count). The van der Waals surface area contributed by atoms with Crippen LogP contribution in [-0.4, -0.2) is 7.05 Å². The van der Waals surface area contributed by atoms with Gasteiger partial charge in [-0.15, -0.1) is 0 Å². The lowest BCUT2D eigenvalue weighted by atomic mass is 10.1. The minimum atomic E-state index is -0.292. The monoisotopic (exact) mass is 187 g/mol. The highest BCUT2D eigenvalue weighted by atomic mass is 35.5. The first kappa shape index (κ1) is 9.49. The van der Waals surface area contributed by atoms with E-state index in [9.17, 15) is 4.39 Å². The molecule has 0 aromatic heterocycles. The molecule has 0 bridgehead atoms. The van der Waals surface area contributed by atoms with Crippen LogP contribution in [0.15, 0.2) is 18.2 Å². The lowest BCUT2D eigenvalue weighted by Gasteiger charge is -2.10. The van der Waals surface area contributed by atoms with Gasteiger partial charge in [-0.1, -0.05) is 11.6 Å². The summed E-state index contributed by atoms with van der Waals surface area (Å²) in [5, 5.41) is 3.45. The molecule has 1 nitrogen and oxygen atoms in total. The molecule has 0 aliphatic rings. The quantitative estimate of drug-likeness (QED) is 0.751. The van der Waals surface area contributed by atoms with Gasteiger partial charge in [-0.2, -0.15) is 0 Å². The Kier molecular flexibility index (Phi) is 3.06. The van der Waals surface area contributed by atoms with E-state index in [4.69, 9.17) is 11.6 Å². The number of halogens is 2. The maximum atomic E-state index is 12.8. The van der Waals surface area contributed by atoms with Crippen molar-refractivity contribution < 1.29 is 4.39 Å². The molecule has 0 heterocycles. The standard InChI is InChI=1S/C9H11ClFN/c1-6(12-2)7-3-8(10)5-9(11)4-7/h3-6,12H,1-2H3/t6-/m1/s1. The van der Waals surface area contributed by atoms with Crippen LogP contribution in [0.2, 0.25) is 5.02 Å². The van der Waals surface area contributed by atoms with Crippen LogP contribution in [0.25, 0.3) is 0 Å². The molecule has 1 aromatic carbocycles. The second-order valence-electron chi connectivity index (χ2n) is 2.71. The molecular formula is C9H11ClFN. The number of rotatable bonds is 2. The summed E-state index contributed by atoms with van der Waals surface area (Å²) in [5.74, 6) is -0.292. The first-order chi connectivity index (χ1) is 5.63. The Morgan fingerprint density at radius 3 is 2.58 bits per heavy atom. The van der Waals surface area contributed by atoms with Crippen molar-refractivity contribution in [1.29, 1.82) is 0 Å². The van der Waals surface area contributed by atoms with E-state index in [0.717, 1.165) is 5.56 Å². The minimum absolute atomic E-state index is 0.123. The van der Waals surface area contributed by atoms with Crippen LogP contribution in [0.1, 0.15) is 18.5 Å². The van der Waals surface area contributed by atoms with E-state index >= 15 is 0 Å². The molecule has 0 fully saturated rings. The van der Waals surface area contributed by atoms with Crippen molar-refractivity contribution in [3.63, 3.8) is 0 Å². The summed E-state index contributed by atoms with van der Waals surface area (Å²) in [6.45, 7) is 1.95. The largest absolute Gasteiger partial charge is 0.313 e. The third kappa shape index (κ3) is 2.19. The molecule has 1 atom stereocenters. The average Bonchev–Trinajstić information content (AvgIpc) is 2.01. The summed E-state index contributed by atoms with van der Waals surface area (Å²) in [6, 6.07) is 4.66. The molecule has 0 amide bonds. The number of hydrogen-bond acceptors (Lipinski definition) is 1. The van der Waals surface area contributed by atoms with Gasteiger partial charge in [-0.3, -0.25) is 0 Å². The summed E-state index contributed by atoms with van der Waals surface area (Å²) in [6.07, 6.45) is 0. The molecule has 66 valence electrons. The van der Waals surface area contributed by atoms with Crippen molar-refractivity contribution in [3.05, 3.63) is 34.6 Å². The number of nitrogens with one attached hydrogen (secondary N) is 1. The molecule has 0 radical (unpaired) electrons. The van der Waals surface area contributed by atoms with Gasteiger partial charge >= 0.3 is 0 Å². The Balaban J connectivity index is 3.00. The molecule has 0 aliphatic heterocycles. The van der Waals surface area contributed by atoms with E-state index in [1.165, 1.54) is 12.1 Å². The van der Waals surface area contributed by atoms with Crippen molar-refractivity contribution in [2.75, 3.05) is 7.05 Å². The fourth-order valence-electron chi connectivity index (χ4n) is 0.992. The van der Waals surface area contributed by atoms with Crippen molar-refractivity contribution in [3.8, 4) is 0 Å². The maximum absolute atomic E-state index is 12.8. The Morgan fingerprint density at radius 2 is 2.08 bits per heavy atom. The van der Waals surface area contributed by atoms with Gasteiger partial charge in [0.1, 0.15) is 5.82 Å². The number of hydrogen-bond donors (Lipinski definition) is 1. The first-order valence-corrected chi connectivity index (χ1v) is 4.14. The zero-order chi connectivity index (χ0) is 9.14. The van der Waals surface area contributed by atoms with Crippen LogP contribution in [0.3, 0.4) is 0 Å². The zero-order valence-electron chi connectivity index (χ0n) is 7.07. The van der Waals surface area contributed by atoms with Crippen molar-refractivity contribution in [2.24, 2.45) is 0 Å². The molecule has 0 spiro atoms. The molecule has 0 unspecified atom stereocenters. The fourth-order valence-corrected chi connectivity index (χ4v) is 1.22. The van der Waals surface area contributed by atoms with E-state index in [2.05, 4.69) is 5.32 Å². The first-order valence-electron chi connectivity index (χ1n) is 3.76. The summed E-state index contributed by atoms with van der Waals surface area (Å²) < 4.78 is 12.8. The molecule has 0 saturated heterocycles. The Hall–Kier alpha value is -0.600. The van der Waals surface area contributed by atoms with Crippen molar-refractivity contribution in [2.45, 2.75) is 13.0 Å². The van der Waals surface area contributed by atoms with Crippen LogP contribution in [-0.2, 0) is 0 Å². The Labute approximate surface area is 76.5 Å². The maximum Gasteiger partial charge on any atom is 0.125 e. The van der Waals surface area contributed by atoms with Gasteiger partial charge in [0.2, 0.25) is 0 Å². The Bertz CT molecular complexity index is 255. The zero-order valence-corrected chi connectivity index (χ0v) is 7.82. The van der Waals surface area contributed by atoms with E-state index in [-0.39, 0.29) is 11.9 Å². The second kappa shape index (κ2) is 3.87. The smallest absolute Gasteiger partial charge is 0.125 e. The van der Waals surface area contributed by atoms with E-state index in [1.807, 2.05) is 14.0 Å². The van der Waals surface area contributed by atoms with Crippen LogP contribution in [0.5, 0.6) is 0 Å². The predicted octanol–water partition coefficient (Wildman–Crippen LogP) is 2.76. The van der Waals surface area contributed by atoms with Crippen LogP contribution in [0.4, 0.5) is 4.39 Å². The van der Waals surface area contributed by atoms with Crippen LogP contribution < -0.4 is 5.32 Å². The third-order valence-corrected chi connectivity index (χ3v) is 2.04. The lowest BCUT2D eigenvalue weighted by Crippen LogP contribution is -2.12. The van der Waals surface area contributed by atoms with Gasteiger partial charge in [0.05, 0.1) is 0 Å². The summed E-state index contributed by atoms with van der Waals surface area (Å²) in [7, 11) is 1.82. The van der Waals surface area contributed by atoms with Gasteiger partial charge in [0, 0.05) is 11.1 Å². The van der Waals surface area contributed by atoms with E-state index in [1.54, 1.807) is 6.07 Å². The highest BCUT2D eigenvalue weighted by Gasteiger charge is 2.04. The SMILES string of the molecule is CN[C@H](C)c1cc(F)cc(Cl)c1. The van der Waals surface area contributed by atoms with E-state index < -0.39 is 0 Å². The molecule has 0 saturated carbocycles. The van der Waals surface area contributed by atoms with Crippen molar-refractivity contribution >= 4 is 11.6 Å². The second-order valence-corrected chi connectivity index (χ2v) is 3.15. The molecular weight excluding hydrogens is 177 g/mol. The minimum Gasteiger partial charge on any atom is -0.313 e. The predicted molar refractivity (Wildman–Crippen MR) is 48.9 cm³/mol. The summed E-state index contributed by atoms with van der Waals surface area (Å²) in [5.41, 5.74) is 0.863. The molecule has 1 aromatic rings. The third-order valence-electron chi connectivity index (χ3n) is 1.82. The topological polar surface area (TPSA) is 12.0 Å². The van der Waals surface area contributed by atoms with Crippen LogP contribution >= 0.6 is 11.6 Å². The van der Waals surface area contributed by atoms with Gasteiger partial charge in [0.25, 0.3) is 0 Å². The van der Waals surface area contributed by atoms with Gasteiger partial charge in [0.15, 0.2) is 0 Å². The van der Waals surface area contributed by atoms with Gasteiger partial charge in [-0.25, -0.2) is 4.39 Å². The highest BCUT2D eigenvalue weighted by molar-refractivity contribution is 6.30. The normalized spacial score (nSPS) is 13.0. The lowest BCUT2D eigenvalue weighted by molar-refractivity contribution is 0.608. The average molecular weight is 188 g/mol. The van der Waals surface area contributed by atoms with Crippen LogP contribution in [0, 0.1) is 5.82 Å². The Morgan fingerprint density at radius 1 is 1.42 bits per heavy atom. The van der Waals surface area contributed by atoms with E-state index in [0.29, 0.717) is 5.02 Å².